The van der Waals surface area contributed by atoms with Crippen molar-refractivity contribution >= 4 is 5.91 Å². The molecule has 1 fully saturated rings. The lowest BCUT2D eigenvalue weighted by atomic mass is 9.94. The van der Waals surface area contributed by atoms with Gasteiger partial charge in [-0.1, -0.05) is 13.8 Å². The third-order valence-electron chi connectivity index (χ3n) is 2.91. The van der Waals surface area contributed by atoms with Crippen LogP contribution in [0.25, 0.3) is 0 Å². The molecule has 1 aliphatic heterocycles. The van der Waals surface area contributed by atoms with Crippen LogP contribution in [-0.2, 0) is 9.53 Å². The summed E-state index contributed by atoms with van der Waals surface area (Å²) in [4.78, 5) is 11.7. The highest BCUT2D eigenvalue weighted by Crippen LogP contribution is 2.14. The standard InChI is InChI=1S/C12H24N2O2/c1-9(2)5-10(7-13)6-12(15)14-11-3-4-16-8-11/h9-11H,3-8,13H2,1-2H3,(H,14,15). The molecule has 0 aromatic carbocycles. The van der Waals surface area contributed by atoms with Crippen molar-refractivity contribution in [1.29, 1.82) is 0 Å². The third kappa shape index (κ3) is 4.94. The van der Waals surface area contributed by atoms with E-state index in [2.05, 4.69) is 19.2 Å². The smallest absolute Gasteiger partial charge is 0.220 e. The van der Waals surface area contributed by atoms with E-state index in [0.29, 0.717) is 31.4 Å². The van der Waals surface area contributed by atoms with Gasteiger partial charge in [-0.05, 0) is 31.2 Å². The van der Waals surface area contributed by atoms with Crippen LogP contribution < -0.4 is 11.1 Å². The molecule has 1 heterocycles. The van der Waals surface area contributed by atoms with E-state index < -0.39 is 0 Å². The van der Waals surface area contributed by atoms with Crippen LogP contribution in [0.5, 0.6) is 0 Å². The molecule has 0 radical (unpaired) electrons. The van der Waals surface area contributed by atoms with Gasteiger partial charge in [0.15, 0.2) is 0 Å². The zero-order valence-electron chi connectivity index (χ0n) is 10.4. The van der Waals surface area contributed by atoms with Gasteiger partial charge in [-0.3, -0.25) is 4.79 Å². The molecular formula is C12H24N2O2. The highest BCUT2D eigenvalue weighted by Gasteiger charge is 2.20. The molecule has 0 aromatic rings. The molecule has 1 rings (SSSR count). The molecule has 0 aliphatic carbocycles. The Morgan fingerprint density at radius 2 is 2.31 bits per heavy atom. The Bertz CT molecular complexity index is 213. The Morgan fingerprint density at radius 3 is 2.81 bits per heavy atom. The lowest BCUT2D eigenvalue weighted by Gasteiger charge is -2.18. The van der Waals surface area contributed by atoms with Crippen molar-refractivity contribution in [2.75, 3.05) is 19.8 Å². The minimum Gasteiger partial charge on any atom is -0.379 e. The molecule has 94 valence electrons. The van der Waals surface area contributed by atoms with Crippen molar-refractivity contribution in [1.82, 2.24) is 5.32 Å². The number of ether oxygens (including phenoxy) is 1. The maximum absolute atomic E-state index is 11.7. The number of hydrogen-bond acceptors (Lipinski definition) is 3. The Morgan fingerprint density at radius 1 is 1.56 bits per heavy atom. The topological polar surface area (TPSA) is 64.4 Å². The molecule has 0 spiro atoms. The van der Waals surface area contributed by atoms with Gasteiger partial charge >= 0.3 is 0 Å². The molecule has 4 heteroatoms. The zero-order chi connectivity index (χ0) is 12.0. The molecule has 0 saturated carbocycles. The Labute approximate surface area is 97.9 Å². The van der Waals surface area contributed by atoms with Crippen molar-refractivity contribution in [3.05, 3.63) is 0 Å². The molecule has 2 atom stereocenters. The predicted molar refractivity (Wildman–Crippen MR) is 64.0 cm³/mol. The van der Waals surface area contributed by atoms with E-state index in [-0.39, 0.29) is 11.9 Å². The van der Waals surface area contributed by atoms with Gasteiger partial charge in [0, 0.05) is 13.0 Å². The largest absolute Gasteiger partial charge is 0.379 e. The quantitative estimate of drug-likeness (QED) is 0.710. The molecule has 2 unspecified atom stereocenters. The fourth-order valence-corrected chi connectivity index (χ4v) is 2.13. The molecule has 3 N–H and O–H groups in total. The maximum Gasteiger partial charge on any atom is 0.220 e. The molecule has 16 heavy (non-hydrogen) atoms. The van der Waals surface area contributed by atoms with Gasteiger partial charge in [0.1, 0.15) is 0 Å². The van der Waals surface area contributed by atoms with E-state index in [0.717, 1.165) is 19.4 Å². The van der Waals surface area contributed by atoms with E-state index in [1.54, 1.807) is 0 Å². The highest BCUT2D eigenvalue weighted by molar-refractivity contribution is 5.76. The summed E-state index contributed by atoms with van der Waals surface area (Å²) in [6, 6.07) is 0.213. The van der Waals surface area contributed by atoms with Gasteiger partial charge < -0.3 is 15.8 Å². The second-order valence-corrected chi connectivity index (χ2v) is 5.06. The lowest BCUT2D eigenvalue weighted by Crippen LogP contribution is -2.37. The first kappa shape index (κ1) is 13.5. The first-order chi connectivity index (χ1) is 7.61. The van der Waals surface area contributed by atoms with Gasteiger partial charge in [0.05, 0.1) is 12.6 Å². The van der Waals surface area contributed by atoms with Crippen LogP contribution in [0, 0.1) is 11.8 Å². The molecule has 1 aliphatic rings. The highest BCUT2D eigenvalue weighted by atomic mass is 16.5. The number of nitrogens with two attached hydrogens (primary N) is 1. The predicted octanol–water partition coefficient (Wildman–Crippen LogP) is 0.903. The van der Waals surface area contributed by atoms with E-state index in [9.17, 15) is 4.79 Å². The molecule has 1 amide bonds. The van der Waals surface area contributed by atoms with Crippen LogP contribution in [0.4, 0.5) is 0 Å². The van der Waals surface area contributed by atoms with E-state index >= 15 is 0 Å². The van der Waals surface area contributed by atoms with Crippen LogP contribution in [-0.4, -0.2) is 31.7 Å². The zero-order valence-corrected chi connectivity index (χ0v) is 10.4. The summed E-state index contributed by atoms with van der Waals surface area (Å²) in [6.45, 7) is 6.32. The fourth-order valence-electron chi connectivity index (χ4n) is 2.13. The van der Waals surface area contributed by atoms with Crippen LogP contribution >= 0.6 is 0 Å². The number of nitrogens with one attached hydrogen (secondary N) is 1. The molecule has 0 aromatic heterocycles. The minimum absolute atomic E-state index is 0.117. The van der Waals surface area contributed by atoms with Crippen molar-refractivity contribution < 1.29 is 9.53 Å². The maximum atomic E-state index is 11.7. The first-order valence-corrected chi connectivity index (χ1v) is 6.19. The van der Waals surface area contributed by atoms with Crippen LogP contribution in [0.15, 0.2) is 0 Å². The van der Waals surface area contributed by atoms with Crippen molar-refractivity contribution in [2.45, 2.75) is 39.2 Å². The average Bonchev–Trinajstić information content (AvgIpc) is 2.68. The molecular weight excluding hydrogens is 204 g/mol. The number of rotatable bonds is 6. The second-order valence-electron chi connectivity index (χ2n) is 5.06. The van der Waals surface area contributed by atoms with E-state index in [4.69, 9.17) is 10.5 Å². The van der Waals surface area contributed by atoms with Gasteiger partial charge in [-0.2, -0.15) is 0 Å². The monoisotopic (exact) mass is 228 g/mol. The van der Waals surface area contributed by atoms with Crippen molar-refractivity contribution in [3.8, 4) is 0 Å². The number of carbonyl (C=O) groups excluding carboxylic acids is 1. The van der Waals surface area contributed by atoms with Crippen molar-refractivity contribution in [2.24, 2.45) is 17.6 Å². The molecule has 4 nitrogen and oxygen atoms in total. The second kappa shape index (κ2) is 6.86. The summed E-state index contributed by atoms with van der Waals surface area (Å²) >= 11 is 0. The Balaban J connectivity index is 2.24. The SMILES string of the molecule is CC(C)CC(CN)CC(=O)NC1CCOC1. The fraction of sp³-hybridized carbons (Fsp3) is 0.917. The summed E-state index contributed by atoms with van der Waals surface area (Å²) in [6.07, 6.45) is 2.50. The average molecular weight is 228 g/mol. The van der Waals surface area contributed by atoms with Crippen LogP contribution in [0.1, 0.15) is 33.1 Å². The van der Waals surface area contributed by atoms with Crippen LogP contribution in [0.3, 0.4) is 0 Å². The summed E-state index contributed by atoms with van der Waals surface area (Å²) in [5.41, 5.74) is 5.67. The summed E-state index contributed by atoms with van der Waals surface area (Å²) < 4.78 is 5.21. The minimum atomic E-state index is 0.117. The van der Waals surface area contributed by atoms with Gasteiger partial charge in [-0.25, -0.2) is 0 Å². The normalized spacial score (nSPS) is 22.4. The summed E-state index contributed by atoms with van der Waals surface area (Å²) in [5, 5.41) is 3.00. The number of amides is 1. The summed E-state index contributed by atoms with van der Waals surface area (Å²) in [7, 11) is 0. The first-order valence-electron chi connectivity index (χ1n) is 6.19. The number of hydrogen-bond donors (Lipinski definition) is 2. The lowest BCUT2D eigenvalue weighted by molar-refractivity contribution is -0.122. The number of carbonyl (C=O) groups is 1. The van der Waals surface area contributed by atoms with Crippen molar-refractivity contribution in [3.63, 3.8) is 0 Å². The van der Waals surface area contributed by atoms with Gasteiger partial charge in [0.2, 0.25) is 5.91 Å². The van der Waals surface area contributed by atoms with E-state index in [1.807, 2.05) is 0 Å². The van der Waals surface area contributed by atoms with E-state index in [1.165, 1.54) is 0 Å². The third-order valence-corrected chi connectivity index (χ3v) is 2.91. The Hall–Kier alpha value is -0.610. The molecule has 0 bridgehead atoms. The van der Waals surface area contributed by atoms with Gasteiger partial charge in [0.25, 0.3) is 0 Å². The van der Waals surface area contributed by atoms with Gasteiger partial charge in [-0.15, -0.1) is 0 Å². The summed E-state index contributed by atoms with van der Waals surface area (Å²) in [5.74, 6) is 1.02. The van der Waals surface area contributed by atoms with Crippen LogP contribution in [0.2, 0.25) is 0 Å². The molecule has 1 saturated heterocycles. The Kier molecular flexibility index (Phi) is 5.77.